The number of rotatable bonds is 20. The molecule has 14 nitrogen and oxygen atoms in total. The smallest absolute Gasteiger partial charge is 0.303 e. The van der Waals surface area contributed by atoms with Gasteiger partial charge in [-0.3, -0.25) is 24.0 Å². The minimum absolute atomic E-state index is 0.0627. The minimum Gasteiger partial charge on any atom is -0.509 e. The minimum atomic E-state index is -1.71. The largest absolute Gasteiger partial charge is 0.509 e. The second-order valence-corrected chi connectivity index (χ2v) is 13.5. The van der Waals surface area contributed by atoms with Crippen LogP contribution in [-0.4, -0.2) is 81.8 Å². The van der Waals surface area contributed by atoms with Crippen molar-refractivity contribution in [2.75, 3.05) is 11.9 Å². The molecule has 2 aromatic rings. The molecule has 0 radical (unpaired) electrons. The maximum absolute atomic E-state index is 13.8. The number of carbonyl (C=O) groups is 5. The quantitative estimate of drug-likeness (QED) is 0.0937. The summed E-state index contributed by atoms with van der Waals surface area (Å²) in [5.41, 5.74) is 8.30. The van der Waals surface area contributed by atoms with Crippen LogP contribution in [0, 0.1) is 25.7 Å². The first-order chi connectivity index (χ1) is 23.9. The van der Waals surface area contributed by atoms with Crippen molar-refractivity contribution in [1.82, 2.24) is 16.0 Å². The normalized spacial score (nSPS) is 14.1. The average Bonchev–Trinajstić information content (AvgIpc) is 3.04. The van der Waals surface area contributed by atoms with Gasteiger partial charge in [0.05, 0.1) is 12.1 Å². The van der Waals surface area contributed by atoms with Crippen molar-refractivity contribution in [3.8, 4) is 5.75 Å². The predicted molar refractivity (Wildman–Crippen MR) is 193 cm³/mol. The summed E-state index contributed by atoms with van der Waals surface area (Å²) in [7, 11) is 0. The highest BCUT2D eigenvalue weighted by atomic mass is 16.5. The molecule has 0 spiro atoms. The molecule has 0 aliphatic heterocycles. The fourth-order valence-electron chi connectivity index (χ4n) is 5.37. The number of ether oxygens (including phenoxy) is 1. The summed E-state index contributed by atoms with van der Waals surface area (Å²) in [4.78, 5) is 64.4. The van der Waals surface area contributed by atoms with E-state index < -0.39 is 65.8 Å². The lowest BCUT2D eigenvalue weighted by molar-refractivity contribution is -0.137. The fourth-order valence-corrected chi connectivity index (χ4v) is 5.37. The molecule has 0 aliphatic rings. The highest BCUT2D eigenvalue weighted by Gasteiger charge is 2.34. The lowest BCUT2D eigenvalue weighted by atomic mass is 9.97. The third-order valence-electron chi connectivity index (χ3n) is 7.98. The number of aliphatic hydroxyl groups is 2. The van der Waals surface area contributed by atoms with Crippen LogP contribution in [0.2, 0.25) is 0 Å². The van der Waals surface area contributed by atoms with E-state index in [0.717, 1.165) is 5.56 Å². The van der Waals surface area contributed by atoms with E-state index >= 15 is 0 Å². The Morgan fingerprint density at radius 2 is 1.47 bits per heavy atom. The van der Waals surface area contributed by atoms with E-state index in [9.17, 15) is 34.2 Å². The van der Waals surface area contributed by atoms with Crippen LogP contribution in [0.4, 0.5) is 5.69 Å². The van der Waals surface area contributed by atoms with Crippen LogP contribution < -0.4 is 31.7 Å². The second-order valence-electron chi connectivity index (χ2n) is 13.5. The molecule has 4 amide bonds. The number of hydrogen-bond acceptors (Lipinski definition) is 9. The van der Waals surface area contributed by atoms with E-state index in [0.29, 0.717) is 22.6 Å². The molecule has 5 atom stereocenters. The zero-order valence-corrected chi connectivity index (χ0v) is 30.2. The number of carbonyl (C=O) groups excluding carboxylic acids is 4. The van der Waals surface area contributed by atoms with E-state index in [4.69, 9.17) is 15.6 Å². The van der Waals surface area contributed by atoms with E-state index in [1.165, 1.54) is 0 Å². The molecule has 2 aromatic carbocycles. The SMILES string of the molecule is C=C(O)COc1c(C)cc(NC(=O)[C@H](O)[C@H](Cc2ccccc2)NC(=O)[C@H](CC(C)C)NC(=O)[C@@H](NC(=O)[C@@H](N)CCC(=O)O)C(C)C)cc1C. The van der Waals surface area contributed by atoms with Gasteiger partial charge in [-0.1, -0.05) is 64.6 Å². The van der Waals surface area contributed by atoms with Crippen molar-refractivity contribution in [2.24, 2.45) is 17.6 Å². The third kappa shape index (κ3) is 14.1. The molecule has 0 saturated heterocycles. The monoisotopic (exact) mass is 711 g/mol. The summed E-state index contributed by atoms with van der Waals surface area (Å²) in [5.74, 6) is -3.99. The molecule has 0 aromatic heterocycles. The lowest BCUT2D eigenvalue weighted by Crippen LogP contribution is -2.59. The number of nitrogens with one attached hydrogen (secondary N) is 4. The van der Waals surface area contributed by atoms with Crippen LogP contribution in [0.25, 0.3) is 0 Å². The molecule has 14 heteroatoms. The Kier molecular flexibility index (Phi) is 16.6. The molecule has 0 heterocycles. The molecule has 9 N–H and O–H groups in total. The number of aliphatic hydroxyl groups excluding tert-OH is 2. The first-order valence-electron chi connectivity index (χ1n) is 16.9. The number of hydrogen-bond donors (Lipinski definition) is 8. The fraction of sp³-hybridized carbons (Fsp3) is 0.486. The Morgan fingerprint density at radius 3 is 2.00 bits per heavy atom. The maximum Gasteiger partial charge on any atom is 0.303 e. The lowest BCUT2D eigenvalue weighted by Gasteiger charge is -2.29. The van der Waals surface area contributed by atoms with Crippen molar-refractivity contribution >= 4 is 35.3 Å². The number of nitrogens with two attached hydrogens (primary N) is 1. The summed E-state index contributed by atoms with van der Waals surface area (Å²) in [6.45, 7) is 14.0. The van der Waals surface area contributed by atoms with Gasteiger partial charge in [0.15, 0.2) is 6.10 Å². The topological polar surface area (TPSA) is 229 Å². The van der Waals surface area contributed by atoms with E-state index in [-0.39, 0.29) is 44.0 Å². The van der Waals surface area contributed by atoms with Crippen molar-refractivity contribution in [2.45, 2.75) is 97.5 Å². The molecule has 0 saturated carbocycles. The highest BCUT2D eigenvalue weighted by molar-refractivity contribution is 5.96. The van der Waals surface area contributed by atoms with Gasteiger partial charge in [-0.05, 0) is 73.8 Å². The van der Waals surface area contributed by atoms with Crippen LogP contribution in [0.5, 0.6) is 5.75 Å². The van der Waals surface area contributed by atoms with Crippen molar-refractivity contribution < 1.29 is 44.0 Å². The number of aliphatic carboxylic acids is 1. The molecular formula is C37H53N5O9. The number of carboxylic acids is 1. The number of carboxylic acid groups (broad SMARTS) is 1. The van der Waals surface area contributed by atoms with Gasteiger partial charge in [-0.2, -0.15) is 0 Å². The van der Waals surface area contributed by atoms with Gasteiger partial charge in [0.1, 0.15) is 30.2 Å². The molecule has 51 heavy (non-hydrogen) atoms. The zero-order chi connectivity index (χ0) is 38.4. The summed E-state index contributed by atoms with van der Waals surface area (Å²) in [5, 5.41) is 40.5. The predicted octanol–water partition coefficient (Wildman–Crippen LogP) is 2.64. The summed E-state index contributed by atoms with van der Waals surface area (Å²) in [6.07, 6.45) is -1.87. The molecule has 0 aliphatic carbocycles. The van der Waals surface area contributed by atoms with Crippen molar-refractivity contribution in [1.29, 1.82) is 0 Å². The molecular weight excluding hydrogens is 658 g/mol. The van der Waals surface area contributed by atoms with Crippen LogP contribution >= 0.6 is 0 Å². The van der Waals surface area contributed by atoms with Crippen molar-refractivity contribution in [3.05, 3.63) is 71.5 Å². The standard InChI is InChI=1S/C37H53N5O9/c1-20(2)15-29(41-36(49)31(21(3)4)42-34(47)27(38)13-14-30(44)45)35(48)40-28(18-25-11-9-8-10-12-25)32(46)37(50)39-26-16-22(5)33(23(6)17-26)51-19-24(7)43/h8-12,16-17,20-21,27-29,31-32,43,46H,7,13-15,18-19,38H2,1-6H3,(H,39,50)(H,40,48)(H,41,49)(H,42,47)(H,44,45)/t27-,28-,29-,31-,32+/m0/s1. The second kappa shape index (κ2) is 20.0. The number of anilines is 1. The van der Waals surface area contributed by atoms with Crippen LogP contribution in [-0.2, 0) is 30.4 Å². The zero-order valence-electron chi connectivity index (χ0n) is 30.2. The Bertz CT molecular complexity index is 1510. The number of aryl methyl sites for hydroxylation is 2. The van der Waals surface area contributed by atoms with Gasteiger partial charge in [-0.25, -0.2) is 0 Å². The Labute approximate surface area is 299 Å². The first-order valence-corrected chi connectivity index (χ1v) is 16.9. The van der Waals surface area contributed by atoms with Gasteiger partial charge >= 0.3 is 5.97 Å². The summed E-state index contributed by atoms with van der Waals surface area (Å²) < 4.78 is 5.60. The van der Waals surface area contributed by atoms with E-state index in [1.54, 1.807) is 64.1 Å². The number of benzene rings is 2. The Balaban J connectivity index is 2.30. The third-order valence-corrected chi connectivity index (χ3v) is 7.98. The Hall–Kier alpha value is -4.95. The highest BCUT2D eigenvalue weighted by Crippen LogP contribution is 2.28. The number of amides is 4. The molecule has 2 rings (SSSR count). The maximum atomic E-state index is 13.8. The van der Waals surface area contributed by atoms with Gasteiger partial charge in [0.2, 0.25) is 17.7 Å². The molecule has 0 unspecified atom stereocenters. The first kappa shape index (κ1) is 42.2. The molecule has 0 fully saturated rings. The van der Waals surface area contributed by atoms with E-state index in [1.807, 2.05) is 19.9 Å². The van der Waals surface area contributed by atoms with Crippen LogP contribution in [0.1, 0.15) is 63.6 Å². The summed E-state index contributed by atoms with van der Waals surface area (Å²) >= 11 is 0. The van der Waals surface area contributed by atoms with Gasteiger partial charge in [0.25, 0.3) is 5.91 Å². The molecule has 280 valence electrons. The van der Waals surface area contributed by atoms with Crippen molar-refractivity contribution in [3.63, 3.8) is 0 Å². The van der Waals surface area contributed by atoms with Gasteiger partial charge < -0.3 is 47.1 Å². The van der Waals surface area contributed by atoms with E-state index in [2.05, 4.69) is 27.8 Å². The van der Waals surface area contributed by atoms with Crippen LogP contribution in [0.15, 0.2) is 54.8 Å². The van der Waals surface area contributed by atoms with Crippen LogP contribution in [0.3, 0.4) is 0 Å². The summed E-state index contributed by atoms with van der Waals surface area (Å²) in [6, 6.07) is 7.82. The average molecular weight is 712 g/mol. The van der Waals surface area contributed by atoms with Gasteiger partial charge in [-0.15, -0.1) is 0 Å². The molecule has 0 bridgehead atoms. The Morgan fingerprint density at radius 1 is 0.863 bits per heavy atom. The van der Waals surface area contributed by atoms with Gasteiger partial charge in [0, 0.05) is 12.1 Å².